The summed E-state index contributed by atoms with van der Waals surface area (Å²) >= 11 is 0. The lowest BCUT2D eigenvalue weighted by atomic mass is 10.0. The Labute approximate surface area is 482 Å². The SMILES string of the molecule is CC/C=C\C/C=C\C/C=C\C/C=C\C/C=C\C/C=C\CCCCCCCCCCCCCCCCCCCCC(=O)OC(CO)COC(=O)CCCCCCCCCC/C=C\C/C=C\C/C=C\C/C=C\C/C=C\C/C=C\CC. The number of carbonyl (C=O) groups excluding carboxylic acids is 2. The summed E-state index contributed by atoms with van der Waals surface area (Å²) in [6.45, 7) is 3.92. The number of unbranched alkanes of at least 4 members (excludes halogenated alkanes) is 26. The van der Waals surface area contributed by atoms with Crippen LogP contribution in [0.5, 0.6) is 0 Å². The summed E-state index contributed by atoms with van der Waals surface area (Å²) in [7, 11) is 0. The van der Waals surface area contributed by atoms with Gasteiger partial charge in [-0.2, -0.15) is 0 Å². The molecule has 5 heteroatoms. The van der Waals surface area contributed by atoms with Crippen LogP contribution in [0, 0.1) is 0 Å². The van der Waals surface area contributed by atoms with E-state index < -0.39 is 6.10 Å². The maximum atomic E-state index is 12.4. The van der Waals surface area contributed by atoms with Gasteiger partial charge in [-0.3, -0.25) is 9.59 Å². The van der Waals surface area contributed by atoms with Crippen LogP contribution < -0.4 is 0 Å². The summed E-state index contributed by atoms with van der Waals surface area (Å²) in [5, 5.41) is 9.69. The highest BCUT2D eigenvalue weighted by Crippen LogP contribution is 2.16. The Morgan fingerprint density at radius 2 is 0.513 bits per heavy atom. The molecule has 0 aromatic carbocycles. The second kappa shape index (κ2) is 67.1. The van der Waals surface area contributed by atoms with Crippen LogP contribution in [0.4, 0.5) is 0 Å². The molecule has 0 aromatic rings. The molecule has 0 aliphatic carbocycles. The zero-order valence-electron chi connectivity index (χ0n) is 50.6. The summed E-state index contributed by atoms with van der Waals surface area (Å²) in [4.78, 5) is 24.6. The van der Waals surface area contributed by atoms with Crippen molar-refractivity contribution in [1.82, 2.24) is 0 Å². The average Bonchev–Trinajstić information content (AvgIpc) is 3.44. The van der Waals surface area contributed by atoms with Crippen molar-refractivity contribution in [2.75, 3.05) is 13.2 Å². The second-order valence-corrected chi connectivity index (χ2v) is 21.1. The lowest BCUT2D eigenvalue weighted by Crippen LogP contribution is -2.28. The number of ether oxygens (including phenoxy) is 2. The van der Waals surface area contributed by atoms with E-state index in [1.807, 2.05) is 0 Å². The predicted octanol–water partition coefficient (Wildman–Crippen LogP) is 22.5. The molecule has 1 unspecified atom stereocenters. The normalized spacial score (nSPS) is 13.2. The number of allylic oxidation sites excluding steroid dienone is 24. The zero-order chi connectivity index (χ0) is 56.2. The molecule has 0 radical (unpaired) electrons. The Morgan fingerprint density at radius 3 is 0.769 bits per heavy atom. The fourth-order valence-electron chi connectivity index (χ4n) is 8.86. The van der Waals surface area contributed by atoms with Crippen LogP contribution in [-0.4, -0.2) is 36.4 Å². The number of carbonyl (C=O) groups is 2. The van der Waals surface area contributed by atoms with Crippen LogP contribution in [0.3, 0.4) is 0 Å². The molecule has 78 heavy (non-hydrogen) atoms. The topological polar surface area (TPSA) is 72.8 Å². The summed E-state index contributed by atoms with van der Waals surface area (Å²) in [6, 6.07) is 0. The van der Waals surface area contributed by atoms with E-state index in [1.165, 1.54) is 135 Å². The van der Waals surface area contributed by atoms with Crippen molar-refractivity contribution in [3.63, 3.8) is 0 Å². The summed E-state index contributed by atoms with van der Waals surface area (Å²) < 4.78 is 10.7. The largest absolute Gasteiger partial charge is 0.462 e. The van der Waals surface area contributed by atoms with E-state index in [4.69, 9.17) is 9.47 Å². The molecule has 1 N–H and O–H groups in total. The third-order valence-electron chi connectivity index (χ3n) is 13.6. The molecule has 5 nitrogen and oxygen atoms in total. The molecule has 0 aliphatic heterocycles. The van der Waals surface area contributed by atoms with Crippen molar-refractivity contribution in [3.8, 4) is 0 Å². The summed E-state index contributed by atoms with van der Waals surface area (Å²) in [5.41, 5.74) is 0. The number of rotatable bonds is 58. The molecule has 0 spiro atoms. The maximum Gasteiger partial charge on any atom is 0.306 e. The molecule has 0 amide bonds. The molecule has 442 valence electrons. The standard InChI is InChI=1S/C73H120O5/c1-3-5-7-9-11-13-15-17-19-21-23-25-27-29-31-32-33-34-35-36-37-38-39-40-42-44-46-48-50-52-54-56-58-60-62-64-66-68-73(76)78-71(69-74)70-77-72(75)67-65-63-61-59-57-55-53-51-49-47-45-43-41-30-28-26-24-22-20-18-16-14-12-10-8-6-4-2/h5-8,11-14,17-20,23-26,29-31,33-34,41,45,47,71,74H,3-4,9-10,15-16,21-22,27-28,32,35-40,42-44,46,48-70H2,1-2H3/b7-5-,8-6-,13-11-,14-12-,19-17-,20-18-,25-23-,26-24-,31-29-,34-33-,41-30-,47-45-. The molecular weight excluding hydrogens is 957 g/mol. The van der Waals surface area contributed by atoms with E-state index in [2.05, 4.69) is 160 Å². The Balaban J connectivity index is 3.51. The predicted molar refractivity (Wildman–Crippen MR) is 343 cm³/mol. The Morgan fingerprint density at radius 1 is 0.295 bits per heavy atom. The third kappa shape index (κ3) is 64.3. The van der Waals surface area contributed by atoms with Gasteiger partial charge in [-0.15, -0.1) is 0 Å². The Hall–Kier alpha value is -4.22. The first-order chi connectivity index (χ1) is 38.6. The molecule has 0 aliphatic rings. The fourth-order valence-corrected chi connectivity index (χ4v) is 8.86. The lowest BCUT2D eigenvalue weighted by Gasteiger charge is -2.15. The van der Waals surface area contributed by atoms with Crippen molar-refractivity contribution in [2.45, 2.75) is 290 Å². The van der Waals surface area contributed by atoms with E-state index in [-0.39, 0.29) is 25.2 Å². The molecule has 0 fully saturated rings. The van der Waals surface area contributed by atoms with Crippen molar-refractivity contribution >= 4 is 11.9 Å². The minimum Gasteiger partial charge on any atom is -0.462 e. The lowest BCUT2D eigenvalue weighted by molar-refractivity contribution is -0.161. The van der Waals surface area contributed by atoms with Gasteiger partial charge in [0.15, 0.2) is 6.10 Å². The number of hydrogen-bond donors (Lipinski definition) is 1. The van der Waals surface area contributed by atoms with E-state index in [9.17, 15) is 14.7 Å². The number of esters is 2. The van der Waals surface area contributed by atoms with Gasteiger partial charge in [0.1, 0.15) is 6.61 Å². The van der Waals surface area contributed by atoms with Crippen LogP contribution in [0.25, 0.3) is 0 Å². The van der Waals surface area contributed by atoms with Gasteiger partial charge in [-0.25, -0.2) is 0 Å². The Bertz CT molecular complexity index is 1650. The van der Waals surface area contributed by atoms with E-state index in [0.717, 1.165) is 122 Å². The van der Waals surface area contributed by atoms with Crippen molar-refractivity contribution in [1.29, 1.82) is 0 Å². The van der Waals surface area contributed by atoms with Gasteiger partial charge in [0.05, 0.1) is 6.61 Å². The van der Waals surface area contributed by atoms with Gasteiger partial charge >= 0.3 is 11.9 Å². The molecule has 0 aromatic heterocycles. The first kappa shape index (κ1) is 73.8. The zero-order valence-corrected chi connectivity index (χ0v) is 50.6. The third-order valence-corrected chi connectivity index (χ3v) is 13.6. The average molecular weight is 1080 g/mol. The summed E-state index contributed by atoms with van der Waals surface area (Å²) in [5.74, 6) is -0.600. The minimum atomic E-state index is -0.785. The maximum absolute atomic E-state index is 12.4. The first-order valence-electron chi connectivity index (χ1n) is 32.4. The molecule has 0 heterocycles. The fraction of sp³-hybridized carbons (Fsp3) is 0.644. The highest BCUT2D eigenvalue weighted by Gasteiger charge is 2.16. The number of aliphatic hydroxyl groups is 1. The van der Waals surface area contributed by atoms with E-state index in [0.29, 0.717) is 12.8 Å². The van der Waals surface area contributed by atoms with Gasteiger partial charge in [0, 0.05) is 12.8 Å². The Kier molecular flexibility index (Phi) is 63.4. The van der Waals surface area contributed by atoms with Gasteiger partial charge in [-0.1, -0.05) is 301 Å². The highest BCUT2D eigenvalue weighted by atomic mass is 16.6. The van der Waals surface area contributed by atoms with Crippen LogP contribution in [0.1, 0.15) is 284 Å². The van der Waals surface area contributed by atoms with Crippen molar-refractivity contribution in [2.24, 2.45) is 0 Å². The van der Waals surface area contributed by atoms with Crippen molar-refractivity contribution in [3.05, 3.63) is 146 Å². The van der Waals surface area contributed by atoms with Crippen LogP contribution in [0.2, 0.25) is 0 Å². The second-order valence-electron chi connectivity index (χ2n) is 21.1. The smallest absolute Gasteiger partial charge is 0.306 e. The van der Waals surface area contributed by atoms with E-state index in [1.54, 1.807) is 0 Å². The number of aliphatic hydroxyl groups excluding tert-OH is 1. The van der Waals surface area contributed by atoms with Gasteiger partial charge in [0.25, 0.3) is 0 Å². The van der Waals surface area contributed by atoms with E-state index >= 15 is 0 Å². The van der Waals surface area contributed by atoms with Crippen molar-refractivity contribution < 1.29 is 24.2 Å². The van der Waals surface area contributed by atoms with Gasteiger partial charge < -0.3 is 14.6 Å². The monoisotopic (exact) mass is 1080 g/mol. The summed E-state index contributed by atoms with van der Waals surface area (Å²) in [6.07, 6.45) is 101. The number of hydrogen-bond acceptors (Lipinski definition) is 5. The quantitative estimate of drug-likeness (QED) is 0.0373. The van der Waals surface area contributed by atoms with Crippen LogP contribution in [0.15, 0.2) is 146 Å². The van der Waals surface area contributed by atoms with Crippen LogP contribution >= 0.6 is 0 Å². The first-order valence-corrected chi connectivity index (χ1v) is 32.4. The molecule has 0 saturated heterocycles. The van der Waals surface area contributed by atoms with Crippen LogP contribution in [-0.2, 0) is 19.1 Å². The molecule has 0 saturated carbocycles. The van der Waals surface area contributed by atoms with Gasteiger partial charge in [0.2, 0.25) is 0 Å². The molecule has 0 rings (SSSR count). The molecule has 0 bridgehead atoms. The molecule has 1 atom stereocenters. The minimum absolute atomic E-state index is 0.0760. The van der Waals surface area contributed by atoms with Gasteiger partial charge in [-0.05, 0) is 116 Å². The highest BCUT2D eigenvalue weighted by molar-refractivity contribution is 5.70. The molecular formula is C73H120O5.